The normalized spacial score (nSPS) is 8.75. The van der Waals surface area contributed by atoms with E-state index in [1.165, 1.54) is 11.3 Å². The summed E-state index contributed by atoms with van der Waals surface area (Å²) in [4.78, 5) is 23.6. The molecule has 90 valence electrons. The van der Waals surface area contributed by atoms with Gasteiger partial charge >= 0.3 is 0 Å². The highest BCUT2D eigenvalue weighted by Crippen LogP contribution is 2.14. The number of rotatable bonds is 2. The van der Waals surface area contributed by atoms with Crippen molar-refractivity contribution < 1.29 is 9.59 Å². The lowest BCUT2D eigenvalue weighted by Crippen LogP contribution is -2.41. The van der Waals surface area contributed by atoms with Crippen molar-refractivity contribution in [3.8, 4) is 0 Å². The summed E-state index contributed by atoms with van der Waals surface area (Å²) in [6.45, 7) is 5.90. The van der Waals surface area contributed by atoms with Crippen LogP contribution in [0.2, 0.25) is 0 Å². The standard InChI is InChI=1S/C8H9ClN2O2S.C2H6/c1-5-2-3-6(14-5)8(13)11-10-7(12)4-9;1-2/h2-3H,4H2,1H3,(H,10,12)(H,11,13);1-2H3. The molecule has 0 aromatic carbocycles. The first-order chi connectivity index (χ1) is 7.63. The Kier molecular flexibility index (Phi) is 7.58. The van der Waals surface area contributed by atoms with Gasteiger partial charge in [-0.2, -0.15) is 0 Å². The summed E-state index contributed by atoms with van der Waals surface area (Å²) in [5.74, 6) is -0.945. The van der Waals surface area contributed by atoms with Crippen LogP contribution in [0.4, 0.5) is 0 Å². The fourth-order valence-corrected chi connectivity index (χ4v) is 1.61. The molecule has 0 atom stereocenters. The van der Waals surface area contributed by atoms with Gasteiger partial charge in [-0.05, 0) is 19.1 Å². The van der Waals surface area contributed by atoms with Gasteiger partial charge in [0.25, 0.3) is 11.8 Å². The Labute approximate surface area is 104 Å². The van der Waals surface area contributed by atoms with E-state index in [1.54, 1.807) is 6.07 Å². The van der Waals surface area contributed by atoms with E-state index in [4.69, 9.17) is 11.6 Å². The molecular weight excluding hydrogens is 248 g/mol. The number of hydrogen-bond acceptors (Lipinski definition) is 3. The van der Waals surface area contributed by atoms with Gasteiger partial charge in [0.05, 0.1) is 4.88 Å². The number of hydrazine groups is 1. The fourth-order valence-electron chi connectivity index (χ4n) is 0.778. The van der Waals surface area contributed by atoms with Crippen molar-refractivity contribution in [2.24, 2.45) is 0 Å². The molecule has 0 radical (unpaired) electrons. The minimum Gasteiger partial charge on any atom is -0.272 e. The molecule has 2 N–H and O–H groups in total. The Morgan fingerprint density at radius 2 is 1.94 bits per heavy atom. The topological polar surface area (TPSA) is 58.2 Å². The zero-order valence-corrected chi connectivity index (χ0v) is 11.0. The molecule has 1 rings (SSSR count). The third kappa shape index (κ3) is 5.14. The molecule has 0 spiro atoms. The van der Waals surface area contributed by atoms with Crippen LogP contribution in [-0.4, -0.2) is 17.7 Å². The molecule has 0 aliphatic heterocycles. The maximum absolute atomic E-state index is 11.3. The van der Waals surface area contributed by atoms with Gasteiger partial charge in [-0.1, -0.05) is 13.8 Å². The number of thiophene rings is 1. The smallest absolute Gasteiger partial charge is 0.272 e. The number of hydrogen-bond donors (Lipinski definition) is 2. The number of nitrogens with one attached hydrogen (secondary N) is 2. The van der Waals surface area contributed by atoms with Crippen LogP contribution in [0, 0.1) is 6.92 Å². The van der Waals surface area contributed by atoms with Gasteiger partial charge < -0.3 is 0 Å². The van der Waals surface area contributed by atoms with Crippen molar-refractivity contribution in [1.29, 1.82) is 0 Å². The molecule has 0 bridgehead atoms. The van der Waals surface area contributed by atoms with E-state index in [-0.39, 0.29) is 11.8 Å². The second-order valence-corrected chi connectivity index (χ2v) is 4.10. The number of amides is 2. The van der Waals surface area contributed by atoms with Crippen LogP contribution in [0.5, 0.6) is 0 Å². The molecule has 1 heterocycles. The van der Waals surface area contributed by atoms with Gasteiger partial charge in [0.15, 0.2) is 0 Å². The first-order valence-corrected chi connectivity index (χ1v) is 6.20. The molecule has 0 fully saturated rings. The Hall–Kier alpha value is -1.07. The summed E-state index contributed by atoms with van der Waals surface area (Å²) in [5.41, 5.74) is 4.43. The maximum Gasteiger partial charge on any atom is 0.279 e. The zero-order valence-electron chi connectivity index (χ0n) is 9.46. The lowest BCUT2D eigenvalue weighted by Gasteiger charge is -2.02. The summed E-state index contributed by atoms with van der Waals surface area (Å²) < 4.78 is 0. The van der Waals surface area contributed by atoms with Crippen molar-refractivity contribution >= 4 is 34.8 Å². The number of halogens is 1. The van der Waals surface area contributed by atoms with Crippen LogP contribution in [0.1, 0.15) is 28.4 Å². The first kappa shape index (κ1) is 14.9. The fraction of sp³-hybridized carbons (Fsp3) is 0.400. The van der Waals surface area contributed by atoms with E-state index in [9.17, 15) is 9.59 Å². The third-order valence-corrected chi connectivity index (χ3v) is 2.64. The quantitative estimate of drug-likeness (QED) is 0.633. The Morgan fingerprint density at radius 3 is 2.38 bits per heavy atom. The van der Waals surface area contributed by atoms with Gasteiger partial charge in [-0.25, -0.2) is 0 Å². The molecule has 0 saturated carbocycles. The van der Waals surface area contributed by atoms with Crippen LogP contribution >= 0.6 is 22.9 Å². The summed E-state index contributed by atoms with van der Waals surface area (Å²) in [5, 5.41) is 0. The van der Waals surface area contributed by atoms with Crippen molar-refractivity contribution in [3.63, 3.8) is 0 Å². The maximum atomic E-state index is 11.3. The van der Waals surface area contributed by atoms with E-state index in [2.05, 4.69) is 10.9 Å². The second-order valence-electron chi connectivity index (χ2n) is 2.55. The molecule has 1 aromatic rings. The minimum absolute atomic E-state index is 0.177. The highest BCUT2D eigenvalue weighted by atomic mass is 35.5. The first-order valence-electron chi connectivity index (χ1n) is 4.85. The monoisotopic (exact) mass is 262 g/mol. The molecule has 0 unspecified atom stereocenters. The van der Waals surface area contributed by atoms with Gasteiger partial charge in [-0.3, -0.25) is 20.4 Å². The van der Waals surface area contributed by atoms with Crippen molar-refractivity contribution in [3.05, 3.63) is 21.9 Å². The van der Waals surface area contributed by atoms with Crippen molar-refractivity contribution in [2.45, 2.75) is 20.8 Å². The van der Waals surface area contributed by atoms with Gasteiger partial charge in [0, 0.05) is 4.88 Å². The van der Waals surface area contributed by atoms with E-state index >= 15 is 0 Å². The zero-order chi connectivity index (χ0) is 12.6. The van der Waals surface area contributed by atoms with Crippen LogP contribution < -0.4 is 10.9 Å². The average Bonchev–Trinajstić information content (AvgIpc) is 2.75. The number of carbonyl (C=O) groups is 2. The largest absolute Gasteiger partial charge is 0.279 e. The highest BCUT2D eigenvalue weighted by molar-refractivity contribution is 7.13. The molecule has 4 nitrogen and oxygen atoms in total. The van der Waals surface area contributed by atoms with Crippen LogP contribution in [0.3, 0.4) is 0 Å². The Morgan fingerprint density at radius 1 is 1.31 bits per heavy atom. The van der Waals surface area contributed by atoms with Crippen molar-refractivity contribution in [1.82, 2.24) is 10.9 Å². The molecule has 0 aliphatic carbocycles. The van der Waals surface area contributed by atoms with Gasteiger partial charge in [-0.15, -0.1) is 22.9 Å². The summed E-state index contributed by atoms with van der Waals surface area (Å²) in [6, 6.07) is 3.53. The molecule has 16 heavy (non-hydrogen) atoms. The Bertz CT molecular complexity index is 352. The number of alkyl halides is 1. The summed E-state index contributed by atoms with van der Waals surface area (Å²) in [6.07, 6.45) is 0. The SMILES string of the molecule is CC.Cc1ccc(C(=O)NNC(=O)CCl)s1. The van der Waals surface area contributed by atoms with Crippen molar-refractivity contribution in [2.75, 3.05) is 5.88 Å². The van der Waals surface area contributed by atoms with E-state index in [0.29, 0.717) is 4.88 Å². The van der Waals surface area contributed by atoms with Gasteiger partial charge in [0.1, 0.15) is 5.88 Å². The summed E-state index contributed by atoms with van der Waals surface area (Å²) >= 11 is 6.58. The number of carbonyl (C=O) groups excluding carboxylic acids is 2. The van der Waals surface area contributed by atoms with Crippen LogP contribution in [0.15, 0.2) is 12.1 Å². The Balaban J connectivity index is 0.00000106. The molecule has 1 aromatic heterocycles. The van der Waals surface area contributed by atoms with Gasteiger partial charge in [0.2, 0.25) is 0 Å². The van der Waals surface area contributed by atoms with Crippen LogP contribution in [-0.2, 0) is 4.79 Å². The summed E-state index contributed by atoms with van der Waals surface area (Å²) in [7, 11) is 0. The lowest BCUT2D eigenvalue weighted by molar-refractivity contribution is -0.119. The average molecular weight is 263 g/mol. The predicted molar refractivity (Wildman–Crippen MR) is 66.7 cm³/mol. The highest BCUT2D eigenvalue weighted by Gasteiger charge is 2.08. The minimum atomic E-state index is -0.437. The van der Waals surface area contributed by atoms with E-state index in [1.807, 2.05) is 26.8 Å². The molecular formula is C10H15ClN2O2S. The number of aryl methyl sites for hydroxylation is 1. The van der Waals surface area contributed by atoms with E-state index < -0.39 is 5.91 Å². The lowest BCUT2D eigenvalue weighted by atomic mass is 10.4. The molecule has 0 aliphatic rings. The van der Waals surface area contributed by atoms with E-state index in [0.717, 1.165) is 4.88 Å². The molecule has 6 heteroatoms. The predicted octanol–water partition coefficient (Wildman–Crippen LogP) is 2.08. The molecule has 0 saturated heterocycles. The third-order valence-electron chi connectivity index (χ3n) is 1.40. The second kappa shape index (κ2) is 8.13. The molecule has 2 amide bonds. The van der Waals surface area contributed by atoms with Crippen LogP contribution in [0.25, 0.3) is 0 Å².